The fourth-order valence-corrected chi connectivity index (χ4v) is 2.38. The Hall–Kier alpha value is -2.97. The van der Waals surface area contributed by atoms with E-state index in [1.54, 1.807) is 42.5 Å². The number of carbonyl (C=O) groups is 1. The number of hydrogen-bond acceptors (Lipinski definition) is 6. The Balaban J connectivity index is 1.38. The minimum Gasteiger partial charge on any atom is -0.504 e. The van der Waals surface area contributed by atoms with Crippen LogP contribution in [-0.2, 0) is 0 Å². The number of fused-ring (bicyclic) bond motifs is 1. The second-order valence-electron chi connectivity index (χ2n) is 5.62. The van der Waals surface area contributed by atoms with Crippen molar-refractivity contribution in [2.24, 2.45) is 9.98 Å². The number of rotatable bonds is 9. The van der Waals surface area contributed by atoms with E-state index in [2.05, 4.69) is 15.3 Å². The van der Waals surface area contributed by atoms with Gasteiger partial charge in [0, 0.05) is 13.1 Å². The molecular formula is C18H19N3O5. The van der Waals surface area contributed by atoms with Crippen molar-refractivity contribution >= 4 is 6.03 Å². The first-order valence-corrected chi connectivity index (χ1v) is 8.16. The van der Waals surface area contributed by atoms with Gasteiger partial charge >= 0.3 is 6.03 Å². The van der Waals surface area contributed by atoms with Crippen LogP contribution in [0.15, 0.2) is 52.4 Å². The molecule has 26 heavy (non-hydrogen) atoms. The molecule has 0 aromatic heterocycles. The number of aliphatic hydroxyl groups is 1. The van der Waals surface area contributed by atoms with E-state index >= 15 is 0 Å². The zero-order valence-corrected chi connectivity index (χ0v) is 14.0. The van der Waals surface area contributed by atoms with E-state index in [4.69, 9.17) is 9.47 Å². The van der Waals surface area contributed by atoms with Crippen molar-refractivity contribution in [1.82, 2.24) is 5.32 Å². The number of para-hydroxylation sites is 3. The van der Waals surface area contributed by atoms with E-state index in [-0.39, 0.29) is 12.4 Å². The van der Waals surface area contributed by atoms with Gasteiger partial charge in [-0.2, -0.15) is 9.98 Å². The molecular weight excluding hydrogens is 338 g/mol. The van der Waals surface area contributed by atoms with E-state index < -0.39 is 12.1 Å². The van der Waals surface area contributed by atoms with Crippen molar-refractivity contribution < 1.29 is 24.5 Å². The highest BCUT2D eigenvalue weighted by molar-refractivity contribution is 5.77. The Morgan fingerprint density at radius 1 is 1.04 bits per heavy atom. The first-order chi connectivity index (χ1) is 12.6. The second-order valence-corrected chi connectivity index (χ2v) is 5.62. The van der Waals surface area contributed by atoms with Crippen LogP contribution in [0.1, 0.15) is 0 Å². The minimum absolute atomic E-state index is 0.0491. The molecule has 0 bridgehead atoms. The summed E-state index contributed by atoms with van der Waals surface area (Å²) < 4.78 is 11.0. The van der Waals surface area contributed by atoms with Gasteiger partial charge in [-0.1, -0.05) is 18.2 Å². The van der Waals surface area contributed by atoms with Crippen LogP contribution in [0.3, 0.4) is 0 Å². The lowest BCUT2D eigenvalue weighted by molar-refractivity contribution is 0.104. The first kappa shape index (κ1) is 17.8. The van der Waals surface area contributed by atoms with Crippen LogP contribution in [-0.4, -0.2) is 48.7 Å². The number of ether oxygens (including phenoxy) is 2. The molecule has 1 aliphatic rings. The molecule has 1 atom stereocenters. The van der Waals surface area contributed by atoms with Gasteiger partial charge in [0.2, 0.25) is 0 Å². The lowest BCUT2D eigenvalue weighted by Gasteiger charge is -2.13. The average Bonchev–Trinajstić information content (AvgIpc) is 3.02. The van der Waals surface area contributed by atoms with Crippen LogP contribution >= 0.6 is 0 Å². The molecule has 2 amide bonds. The Kier molecular flexibility index (Phi) is 5.77. The van der Waals surface area contributed by atoms with Gasteiger partial charge < -0.3 is 25.0 Å². The molecule has 0 spiro atoms. The number of urea groups is 1. The second kappa shape index (κ2) is 8.41. The number of aromatic hydroxyl groups is 1. The van der Waals surface area contributed by atoms with E-state index in [9.17, 15) is 15.0 Å². The molecule has 3 N–H and O–H groups in total. The number of phenolic OH excluding ortho intramolecular Hbond substituents is 1. The smallest absolute Gasteiger partial charge is 0.368 e. The molecule has 136 valence electrons. The molecule has 1 heterocycles. The van der Waals surface area contributed by atoms with Crippen molar-refractivity contribution in [2.75, 3.05) is 26.3 Å². The summed E-state index contributed by atoms with van der Waals surface area (Å²) in [5, 5.41) is 23.5. The standard InChI is InChI=1S/C18H19N3O5/c22-12(10-19-8-9-25-15-6-2-1-5-14(15)23)11-26-16-7-3-4-13-17(16)21-18(24)20-13/h1-7,12,19,22-23H,8-11H2. The van der Waals surface area contributed by atoms with Crippen molar-refractivity contribution in [2.45, 2.75) is 6.10 Å². The number of aliphatic hydroxyl groups excluding tert-OH is 1. The molecule has 0 aliphatic carbocycles. The van der Waals surface area contributed by atoms with Crippen LogP contribution in [0.2, 0.25) is 0 Å². The van der Waals surface area contributed by atoms with E-state index in [1.165, 1.54) is 0 Å². The molecule has 2 aromatic carbocycles. The largest absolute Gasteiger partial charge is 0.504 e. The van der Waals surface area contributed by atoms with Gasteiger partial charge in [0.15, 0.2) is 11.5 Å². The fourth-order valence-electron chi connectivity index (χ4n) is 2.38. The molecule has 2 aromatic rings. The van der Waals surface area contributed by atoms with Crippen LogP contribution in [0, 0.1) is 0 Å². The summed E-state index contributed by atoms with van der Waals surface area (Å²) in [6.45, 7) is 1.20. The van der Waals surface area contributed by atoms with Gasteiger partial charge in [-0.15, -0.1) is 0 Å². The highest BCUT2D eigenvalue weighted by Crippen LogP contribution is 2.23. The highest BCUT2D eigenvalue weighted by atomic mass is 16.5. The molecule has 1 aliphatic heterocycles. The lowest BCUT2D eigenvalue weighted by atomic mass is 10.3. The molecule has 8 nitrogen and oxygen atoms in total. The number of nitrogens with zero attached hydrogens (tertiary/aromatic N) is 2. The van der Waals surface area contributed by atoms with Gasteiger partial charge in [-0.05, 0) is 24.3 Å². The maximum Gasteiger partial charge on any atom is 0.368 e. The molecule has 0 radical (unpaired) electrons. The summed E-state index contributed by atoms with van der Waals surface area (Å²) in [4.78, 5) is 18.8. The van der Waals surface area contributed by atoms with Gasteiger partial charge in [-0.25, -0.2) is 4.79 Å². The predicted octanol–water partition coefficient (Wildman–Crippen LogP) is 0.173. The van der Waals surface area contributed by atoms with Crippen LogP contribution < -0.4 is 25.5 Å². The summed E-state index contributed by atoms with van der Waals surface area (Å²) >= 11 is 0. The SMILES string of the molecule is O=C1N=c2cccc(OCC(O)CNCCOc3ccccc3O)c2=N1. The summed E-state index contributed by atoms with van der Waals surface area (Å²) in [7, 11) is 0. The van der Waals surface area contributed by atoms with Crippen LogP contribution in [0.25, 0.3) is 0 Å². The van der Waals surface area contributed by atoms with Crippen LogP contribution in [0.5, 0.6) is 17.2 Å². The number of carbonyl (C=O) groups excluding carboxylic acids is 1. The average molecular weight is 357 g/mol. The maximum atomic E-state index is 11.2. The quantitative estimate of drug-likeness (QED) is 0.552. The van der Waals surface area contributed by atoms with Crippen molar-refractivity contribution in [3.63, 3.8) is 0 Å². The van der Waals surface area contributed by atoms with Gasteiger partial charge in [0.05, 0.1) is 5.36 Å². The predicted molar refractivity (Wildman–Crippen MR) is 92.1 cm³/mol. The molecule has 0 fully saturated rings. The van der Waals surface area contributed by atoms with Crippen molar-refractivity contribution in [3.8, 4) is 17.2 Å². The zero-order chi connectivity index (χ0) is 18.4. The number of hydrogen-bond donors (Lipinski definition) is 3. The molecule has 1 unspecified atom stereocenters. The minimum atomic E-state index is -0.745. The Bertz CT molecular complexity index is 900. The third-order valence-electron chi connectivity index (χ3n) is 3.61. The van der Waals surface area contributed by atoms with Crippen molar-refractivity contribution in [3.05, 3.63) is 53.2 Å². The Morgan fingerprint density at radius 3 is 2.69 bits per heavy atom. The highest BCUT2D eigenvalue weighted by Gasteiger charge is 2.11. The van der Waals surface area contributed by atoms with Gasteiger partial charge in [-0.3, -0.25) is 0 Å². The van der Waals surface area contributed by atoms with Gasteiger partial charge in [0.1, 0.15) is 30.4 Å². The maximum absolute atomic E-state index is 11.2. The molecule has 0 saturated carbocycles. The zero-order valence-electron chi connectivity index (χ0n) is 14.0. The summed E-state index contributed by atoms with van der Waals surface area (Å²) in [6, 6.07) is 11.2. The Morgan fingerprint density at radius 2 is 1.85 bits per heavy atom. The number of nitrogens with one attached hydrogen (secondary N) is 1. The normalized spacial score (nSPS) is 13.5. The van der Waals surface area contributed by atoms with Crippen LogP contribution in [0.4, 0.5) is 4.79 Å². The molecule has 8 heteroatoms. The monoisotopic (exact) mass is 357 g/mol. The third kappa shape index (κ3) is 4.56. The number of benzene rings is 2. The topological polar surface area (TPSA) is 113 Å². The van der Waals surface area contributed by atoms with E-state index in [1.807, 2.05) is 0 Å². The van der Waals surface area contributed by atoms with Gasteiger partial charge in [0.25, 0.3) is 0 Å². The van der Waals surface area contributed by atoms with Crippen molar-refractivity contribution in [1.29, 1.82) is 0 Å². The first-order valence-electron chi connectivity index (χ1n) is 8.16. The van der Waals surface area contributed by atoms with E-state index in [0.29, 0.717) is 41.9 Å². The Labute approximate surface area is 149 Å². The molecule has 0 saturated heterocycles. The fraction of sp³-hybridized carbons (Fsp3) is 0.278. The summed E-state index contributed by atoms with van der Waals surface area (Å²) in [5.74, 6) is 0.922. The summed E-state index contributed by atoms with van der Waals surface area (Å²) in [5.41, 5.74) is 0. The summed E-state index contributed by atoms with van der Waals surface area (Å²) in [6.07, 6.45) is -0.745. The molecule has 3 rings (SSSR count). The third-order valence-corrected chi connectivity index (χ3v) is 3.61. The number of phenols is 1. The number of amides is 2. The van der Waals surface area contributed by atoms with E-state index in [0.717, 1.165) is 0 Å². The lowest BCUT2D eigenvalue weighted by Crippen LogP contribution is -2.34.